The monoisotopic (exact) mass is 299 g/mol. The Morgan fingerprint density at radius 2 is 1.90 bits per heavy atom. The predicted molar refractivity (Wildman–Crippen MR) is 82.1 cm³/mol. The smallest absolute Gasteiger partial charge is 0.407 e. The van der Waals surface area contributed by atoms with E-state index < -0.39 is 5.60 Å². The SMILES string of the molecule is CCNC(=O)CNC1CCCC1CNC(=O)OC(C)(C)C. The molecule has 0 saturated heterocycles. The number of amides is 2. The standard InChI is InChI=1S/C15H29N3O3/c1-5-16-13(19)10-17-12-8-6-7-11(12)9-18-14(20)21-15(2,3)4/h11-12,17H,5-10H2,1-4H3,(H,16,19)(H,18,20). The zero-order chi connectivity index (χ0) is 15.9. The molecule has 0 aromatic carbocycles. The minimum absolute atomic E-state index is 0.0169. The summed E-state index contributed by atoms with van der Waals surface area (Å²) in [6.45, 7) is 9.01. The van der Waals surface area contributed by atoms with Crippen LogP contribution in [0.15, 0.2) is 0 Å². The fraction of sp³-hybridized carbons (Fsp3) is 0.867. The molecule has 0 radical (unpaired) electrons. The van der Waals surface area contributed by atoms with Gasteiger partial charge in [-0.25, -0.2) is 4.79 Å². The fourth-order valence-corrected chi connectivity index (χ4v) is 2.56. The molecule has 0 spiro atoms. The second-order valence-corrected chi connectivity index (χ2v) is 6.51. The third-order valence-electron chi connectivity index (χ3n) is 3.47. The van der Waals surface area contributed by atoms with Crippen molar-refractivity contribution >= 4 is 12.0 Å². The van der Waals surface area contributed by atoms with Crippen LogP contribution in [-0.2, 0) is 9.53 Å². The van der Waals surface area contributed by atoms with E-state index in [1.54, 1.807) is 0 Å². The molecule has 2 unspecified atom stereocenters. The predicted octanol–water partition coefficient (Wildman–Crippen LogP) is 1.41. The summed E-state index contributed by atoms with van der Waals surface area (Å²) in [5.41, 5.74) is -0.477. The molecule has 122 valence electrons. The number of ether oxygens (including phenoxy) is 1. The molecule has 0 aliphatic heterocycles. The minimum Gasteiger partial charge on any atom is -0.444 e. The zero-order valence-electron chi connectivity index (χ0n) is 13.6. The van der Waals surface area contributed by atoms with Gasteiger partial charge in [-0.05, 0) is 46.5 Å². The van der Waals surface area contributed by atoms with E-state index in [1.165, 1.54) is 0 Å². The third kappa shape index (κ3) is 7.32. The van der Waals surface area contributed by atoms with Crippen molar-refractivity contribution in [2.75, 3.05) is 19.6 Å². The summed E-state index contributed by atoms with van der Waals surface area (Å²) in [5, 5.41) is 8.88. The van der Waals surface area contributed by atoms with E-state index in [-0.39, 0.29) is 18.0 Å². The van der Waals surface area contributed by atoms with Crippen LogP contribution >= 0.6 is 0 Å². The summed E-state index contributed by atoms with van der Waals surface area (Å²) in [6, 6.07) is 0.280. The Bertz CT molecular complexity index is 353. The first-order chi connectivity index (χ1) is 9.81. The Morgan fingerprint density at radius 3 is 2.52 bits per heavy atom. The van der Waals surface area contributed by atoms with Crippen LogP contribution in [0.1, 0.15) is 47.0 Å². The second-order valence-electron chi connectivity index (χ2n) is 6.51. The van der Waals surface area contributed by atoms with Crippen LogP contribution in [0.4, 0.5) is 4.79 Å². The van der Waals surface area contributed by atoms with Crippen LogP contribution in [-0.4, -0.2) is 43.3 Å². The van der Waals surface area contributed by atoms with Gasteiger partial charge in [0.15, 0.2) is 0 Å². The number of carbonyl (C=O) groups is 2. The lowest BCUT2D eigenvalue weighted by Crippen LogP contribution is -2.44. The van der Waals surface area contributed by atoms with E-state index in [0.717, 1.165) is 19.3 Å². The van der Waals surface area contributed by atoms with Crippen LogP contribution in [0, 0.1) is 5.92 Å². The fourth-order valence-electron chi connectivity index (χ4n) is 2.56. The van der Waals surface area contributed by atoms with E-state index >= 15 is 0 Å². The van der Waals surface area contributed by atoms with Crippen molar-refractivity contribution in [3.63, 3.8) is 0 Å². The van der Waals surface area contributed by atoms with Crippen molar-refractivity contribution in [3.05, 3.63) is 0 Å². The van der Waals surface area contributed by atoms with Gasteiger partial charge in [0.1, 0.15) is 5.60 Å². The number of nitrogens with one attached hydrogen (secondary N) is 3. The molecule has 1 aliphatic carbocycles. The van der Waals surface area contributed by atoms with Crippen LogP contribution in [0.3, 0.4) is 0 Å². The molecule has 1 aliphatic rings. The van der Waals surface area contributed by atoms with E-state index in [9.17, 15) is 9.59 Å². The summed E-state index contributed by atoms with van der Waals surface area (Å²) in [4.78, 5) is 23.1. The summed E-state index contributed by atoms with van der Waals surface area (Å²) >= 11 is 0. The molecule has 6 heteroatoms. The van der Waals surface area contributed by atoms with E-state index in [4.69, 9.17) is 4.74 Å². The van der Waals surface area contributed by atoms with Crippen molar-refractivity contribution in [2.45, 2.75) is 58.6 Å². The molecule has 1 rings (SSSR count). The van der Waals surface area contributed by atoms with Gasteiger partial charge in [0.2, 0.25) is 5.91 Å². The Labute approximate surface area is 127 Å². The van der Waals surface area contributed by atoms with Crippen molar-refractivity contribution < 1.29 is 14.3 Å². The van der Waals surface area contributed by atoms with Crippen molar-refractivity contribution in [1.29, 1.82) is 0 Å². The van der Waals surface area contributed by atoms with Crippen LogP contribution in [0.25, 0.3) is 0 Å². The molecule has 1 fully saturated rings. The van der Waals surface area contributed by atoms with Gasteiger partial charge in [0.25, 0.3) is 0 Å². The maximum Gasteiger partial charge on any atom is 0.407 e. The summed E-state index contributed by atoms with van der Waals surface area (Å²) in [7, 11) is 0. The van der Waals surface area contributed by atoms with Crippen molar-refractivity contribution in [1.82, 2.24) is 16.0 Å². The first kappa shape index (κ1) is 17.8. The lowest BCUT2D eigenvalue weighted by atomic mass is 10.0. The normalized spacial score (nSPS) is 21.9. The minimum atomic E-state index is -0.477. The maximum atomic E-state index is 11.7. The summed E-state index contributed by atoms with van der Waals surface area (Å²) < 4.78 is 5.23. The van der Waals surface area contributed by atoms with E-state index in [1.807, 2.05) is 27.7 Å². The lowest BCUT2D eigenvalue weighted by molar-refractivity contribution is -0.120. The van der Waals surface area contributed by atoms with Crippen LogP contribution in [0.2, 0.25) is 0 Å². The van der Waals surface area contributed by atoms with Gasteiger partial charge in [-0.15, -0.1) is 0 Å². The van der Waals surface area contributed by atoms with Gasteiger partial charge in [0.05, 0.1) is 6.54 Å². The Hall–Kier alpha value is -1.30. The van der Waals surface area contributed by atoms with Crippen molar-refractivity contribution in [2.24, 2.45) is 5.92 Å². The zero-order valence-corrected chi connectivity index (χ0v) is 13.6. The highest BCUT2D eigenvalue weighted by molar-refractivity contribution is 5.77. The Kier molecular flexibility index (Phi) is 6.95. The van der Waals surface area contributed by atoms with Gasteiger partial charge in [-0.3, -0.25) is 4.79 Å². The molecule has 3 N–H and O–H groups in total. The molecule has 2 atom stereocenters. The molecule has 0 aromatic rings. The van der Waals surface area contributed by atoms with Gasteiger partial charge < -0.3 is 20.7 Å². The molecule has 6 nitrogen and oxygen atoms in total. The second kappa shape index (κ2) is 8.22. The number of alkyl carbamates (subject to hydrolysis) is 1. The molecular formula is C15H29N3O3. The first-order valence-electron chi connectivity index (χ1n) is 7.78. The van der Waals surface area contributed by atoms with Gasteiger partial charge in [0, 0.05) is 19.1 Å². The van der Waals surface area contributed by atoms with E-state index in [0.29, 0.717) is 25.6 Å². The average Bonchev–Trinajstić information content (AvgIpc) is 2.79. The summed E-state index contributed by atoms with van der Waals surface area (Å²) in [6.07, 6.45) is 2.84. The molecule has 2 amide bonds. The molecule has 0 bridgehead atoms. The average molecular weight is 299 g/mol. The quantitative estimate of drug-likeness (QED) is 0.693. The number of rotatable bonds is 6. The van der Waals surface area contributed by atoms with Gasteiger partial charge in [-0.2, -0.15) is 0 Å². The Balaban J connectivity index is 2.30. The molecule has 21 heavy (non-hydrogen) atoms. The van der Waals surface area contributed by atoms with Crippen LogP contribution in [0.5, 0.6) is 0 Å². The third-order valence-corrected chi connectivity index (χ3v) is 3.47. The maximum absolute atomic E-state index is 11.7. The highest BCUT2D eigenvalue weighted by Gasteiger charge is 2.28. The van der Waals surface area contributed by atoms with E-state index in [2.05, 4.69) is 16.0 Å². The highest BCUT2D eigenvalue weighted by atomic mass is 16.6. The Morgan fingerprint density at radius 1 is 1.19 bits per heavy atom. The topological polar surface area (TPSA) is 79.5 Å². The van der Waals surface area contributed by atoms with Crippen molar-refractivity contribution in [3.8, 4) is 0 Å². The van der Waals surface area contributed by atoms with Gasteiger partial charge >= 0.3 is 6.09 Å². The molecular weight excluding hydrogens is 270 g/mol. The number of hydrogen-bond acceptors (Lipinski definition) is 4. The number of likely N-dealkylation sites (N-methyl/N-ethyl adjacent to an activating group) is 1. The lowest BCUT2D eigenvalue weighted by Gasteiger charge is -2.23. The molecule has 0 heterocycles. The highest BCUT2D eigenvalue weighted by Crippen LogP contribution is 2.25. The molecule has 1 saturated carbocycles. The van der Waals surface area contributed by atoms with Gasteiger partial charge in [-0.1, -0.05) is 6.42 Å². The number of hydrogen-bond donors (Lipinski definition) is 3. The largest absolute Gasteiger partial charge is 0.444 e. The summed E-state index contributed by atoms with van der Waals surface area (Å²) in [5.74, 6) is 0.371. The first-order valence-corrected chi connectivity index (χ1v) is 7.78. The molecule has 0 aromatic heterocycles. The van der Waals surface area contributed by atoms with Crippen LogP contribution < -0.4 is 16.0 Å². The number of carbonyl (C=O) groups excluding carboxylic acids is 2.